The van der Waals surface area contributed by atoms with Gasteiger partial charge in [0.05, 0.1) is 6.54 Å². The van der Waals surface area contributed by atoms with Crippen molar-refractivity contribution >= 4 is 5.78 Å². The Labute approximate surface area is 143 Å². The second-order valence-corrected chi connectivity index (χ2v) is 5.71. The van der Waals surface area contributed by atoms with Gasteiger partial charge in [0.25, 0.3) is 0 Å². The third kappa shape index (κ3) is 4.45. The van der Waals surface area contributed by atoms with Gasteiger partial charge in [0.15, 0.2) is 0 Å². The smallest absolute Gasteiger partial charge is 0.143 e. The fraction of sp³-hybridized carbons (Fsp3) is 0.235. The second-order valence-electron chi connectivity index (χ2n) is 5.71. The van der Waals surface area contributed by atoms with Gasteiger partial charge >= 0.3 is 0 Å². The molecule has 2 aromatic carbocycles. The number of ketones is 1. The molecule has 8 nitrogen and oxygen atoms in total. The van der Waals surface area contributed by atoms with Crippen LogP contribution in [0.5, 0.6) is 34.5 Å². The summed E-state index contributed by atoms with van der Waals surface area (Å²) in [6, 6.07) is 4.21. The molecular weight excluding hydrogens is 330 g/mol. The van der Waals surface area contributed by atoms with Crippen molar-refractivity contribution in [3.63, 3.8) is 0 Å². The molecule has 1 N–H and O–H groups in total. The van der Waals surface area contributed by atoms with Crippen LogP contribution in [0.3, 0.4) is 0 Å². The first kappa shape index (κ1) is 18.2. The predicted octanol–water partition coefficient (Wildman–Crippen LogP) is -1.65. The van der Waals surface area contributed by atoms with Gasteiger partial charge in [0.2, 0.25) is 0 Å². The maximum atomic E-state index is 11.5. The molecule has 0 aliphatic carbocycles. The SMILES string of the molecule is CC(=O)CN(Cc1cc([O-])c([O-])c([O-])c1)Cc1cc([O-])c([O-])c(O)c1. The average molecular weight is 344 g/mol. The van der Waals surface area contributed by atoms with Crippen LogP contribution in [0.1, 0.15) is 18.1 Å². The number of phenolic OH excluding ortho intramolecular Hbond substituents is 1. The number of aromatic hydroxyl groups is 1. The summed E-state index contributed by atoms with van der Waals surface area (Å²) in [6.45, 7) is 1.29. The molecule has 0 fully saturated rings. The van der Waals surface area contributed by atoms with Crippen molar-refractivity contribution in [2.24, 2.45) is 0 Å². The molecule has 0 heterocycles. The van der Waals surface area contributed by atoms with Crippen molar-refractivity contribution in [1.29, 1.82) is 0 Å². The average Bonchev–Trinajstić information content (AvgIpc) is 2.49. The van der Waals surface area contributed by atoms with Gasteiger partial charge in [0.1, 0.15) is 11.5 Å². The quantitative estimate of drug-likeness (QED) is 0.653. The number of phenols is 1. The first-order valence-electron chi connectivity index (χ1n) is 7.27. The Morgan fingerprint density at radius 3 is 1.76 bits per heavy atom. The van der Waals surface area contributed by atoms with Gasteiger partial charge in [-0.05, 0) is 24.1 Å². The van der Waals surface area contributed by atoms with Gasteiger partial charge < -0.3 is 30.6 Å². The summed E-state index contributed by atoms with van der Waals surface area (Å²) in [6.07, 6.45) is 0. The minimum atomic E-state index is -1.12. The Hall–Kier alpha value is -3.13. The van der Waals surface area contributed by atoms with Crippen molar-refractivity contribution in [3.05, 3.63) is 35.4 Å². The summed E-state index contributed by atoms with van der Waals surface area (Å²) in [4.78, 5) is 12.9. The van der Waals surface area contributed by atoms with Crippen LogP contribution in [0.15, 0.2) is 24.3 Å². The third-order valence-corrected chi connectivity index (χ3v) is 3.43. The Bertz CT molecular complexity index is 698. The van der Waals surface area contributed by atoms with E-state index in [1.807, 2.05) is 0 Å². The fourth-order valence-corrected chi connectivity index (χ4v) is 2.46. The van der Waals surface area contributed by atoms with Gasteiger partial charge in [-0.25, -0.2) is 0 Å². The number of nitrogens with zero attached hydrogens (tertiary/aromatic N) is 1. The lowest BCUT2D eigenvalue weighted by atomic mass is 10.1. The minimum absolute atomic E-state index is 0.00157. The highest BCUT2D eigenvalue weighted by molar-refractivity contribution is 5.77. The molecule has 0 radical (unpaired) electrons. The van der Waals surface area contributed by atoms with Crippen molar-refractivity contribution in [2.75, 3.05) is 6.54 Å². The number of Topliss-reactive ketones (excluding diaryl/α,β-unsaturated/α-hetero) is 1. The number of rotatable bonds is 6. The Morgan fingerprint density at radius 1 is 0.880 bits per heavy atom. The topological polar surface area (TPSA) is 156 Å². The van der Waals surface area contributed by atoms with Gasteiger partial charge in [-0.2, -0.15) is 0 Å². The molecule has 0 aliphatic heterocycles. The molecule has 0 saturated heterocycles. The Balaban J connectivity index is 2.26. The summed E-state index contributed by atoms with van der Waals surface area (Å²) >= 11 is 0. The molecule has 134 valence electrons. The van der Waals surface area contributed by atoms with Crippen LogP contribution in [0.25, 0.3) is 0 Å². The lowest BCUT2D eigenvalue weighted by Crippen LogP contribution is -2.28. The zero-order chi connectivity index (χ0) is 18.7. The molecule has 2 aromatic rings. The highest BCUT2D eigenvalue weighted by Gasteiger charge is 2.11. The van der Waals surface area contributed by atoms with E-state index in [0.717, 1.165) is 24.3 Å². The zero-order valence-electron chi connectivity index (χ0n) is 13.3. The number of carbonyl (C=O) groups is 1. The van der Waals surface area contributed by atoms with E-state index in [1.54, 1.807) is 0 Å². The van der Waals surface area contributed by atoms with Crippen LogP contribution in [0, 0.1) is 0 Å². The van der Waals surface area contributed by atoms with Crippen LogP contribution >= 0.6 is 0 Å². The molecule has 0 unspecified atom stereocenters. The molecule has 8 heteroatoms. The van der Waals surface area contributed by atoms with Gasteiger partial charge in [0, 0.05) is 13.1 Å². The van der Waals surface area contributed by atoms with E-state index in [1.165, 1.54) is 11.8 Å². The van der Waals surface area contributed by atoms with Crippen molar-refractivity contribution < 1.29 is 35.4 Å². The second kappa shape index (κ2) is 7.18. The van der Waals surface area contributed by atoms with Crippen LogP contribution in [-0.4, -0.2) is 22.3 Å². The van der Waals surface area contributed by atoms with E-state index in [-0.39, 0.29) is 31.0 Å². The molecule has 0 aliphatic rings. The standard InChI is InChI=1S/C17H19NO7/c1-9(19)6-18(7-10-2-12(20)16(24)13(21)3-10)8-11-4-14(22)17(25)15(23)5-11/h2-5,20-25H,6-8H2,1H3/p-5. The lowest BCUT2D eigenvalue weighted by molar-refractivity contribution is -0.341. The number of benzene rings is 2. The predicted molar refractivity (Wildman–Crippen MR) is 76.6 cm³/mol. The molecular formula is C17H14NO7-5. The summed E-state index contributed by atoms with van der Waals surface area (Å²) in [5.74, 6) is -5.77. The van der Waals surface area contributed by atoms with Gasteiger partial charge in [-0.15, -0.1) is 23.0 Å². The van der Waals surface area contributed by atoms with Gasteiger partial charge in [-0.1, -0.05) is 23.9 Å². The molecule has 0 aromatic heterocycles. The van der Waals surface area contributed by atoms with Gasteiger partial charge in [-0.3, -0.25) is 9.69 Å². The molecule has 2 rings (SSSR count). The Morgan fingerprint density at radius 2 is 1.32 bits per heavy atom. The molecule has 0 spiro atoms. The summed E-state index contributed by atoms with van der Waals surface area (Å²) in [7, 11) is 0. The maximum Gasteiger partial charge on any atom is 0.143 e. The van der Waals surface area contributed by atoms with Crippen LogP contribution in [0.2, 0.25) is 0 Å². The van der Waals surface area contributed by atoms with E-state index < -0.39 is 34.5 Å². The highest BCUT2D eigenvalue weighted by Crippen LogP contribution is 2.32. The van der Waals surface area contributed by atoms with E-state index >= 15 is 0 Å². The highest BCUT2D eigenvalue weighted by atomic mass is 16.3. The van der Waals surface area contributed by atoms with Crippen molar-refractivity contribution in [2.45, 2.75) is 20.0 Å². The normalized spacial score (nSPS) is 11.0. The molecule has 0 bridgehead atoms. The summed E-state index contributed by atoms with van der Waals surface area (Å²) < 4.78 is 0. The first-order valence-corrected chi connectivity index (χ1v) is 7.27. The summed E-state index contributed by atoms with van der Waals surface area (Å²) in [5, 5.41) is 66.3. The molecule has 0 saturated carbocycles. The van der Waals surface area contributed by atoms with E-state index in [0.29, 0.717) is 5.56 Å². The van der Waals surface area contributed by atoms with Crippen LogP contribution < -0.4 is 25.5 Å². The molecule has 0 atom stereocenters. The Kier molecular flexibility index (Phi) is 5.23. The fourth-order valence-electron chi connectivity index (χ4n) is 2.46. The third-order valence-electron chi connectivity index (χ3n) is 3.43. The summed E-state index contributed by atoms with van der Waals surface area (Å²) in [5.41, 5.74) is 0.552. The van der Waals surface area contributed by atoms with E-state index in [2.05, 4.69) is 0 Å². The minimum Gasteiger partial charge on any atom is -0.873 e. The number of hydrogen-bond donors (Lipinski definition) is 1. The monoisotopic (exact) mass is 344 g/mol. The van der Waals surface area contributed by atoms with Crippen molar-refractivity contribution in [1.82, 2.24) is 4.90 Å². The van der Waals surface area contributed by atoms with Crippen LogP contribution in [0.4, 0.5) is 0 Å². The number of hydrogen-bond acceptors (Lipinski definition) is 8. The molecule has 25 heavy (non-hydrogen) atoms. The molecule has 0 amide bonds. The zero-order valence-corrected chi connectivity index (χ0v) is 13.3. The van der Waals surface area contributed by atoms with E-state index in [4.69, 9.17) is 0 Å². The maximum absolute atomic E-state index is 11.5. The van der Waals surface area contributed by atoms with Crippen LogP contribution in [-0.2, 0) is 17.9 Å². The largest absolute Gasteiger partial charge is 0.873 e. The first-order chi connectivity index (χ1) is 11.7. The van der Waals surface area contributed by atoms with E-state index in [9.17, 15) is 35.4 Å². The lowest BCUT2D eigenvalue weighted by Gasteiger charge is -2.29. The number of carbonyl (C=O) groups excluding carboxylic acids is 1. The van der Waals surface area contributed by atoms with Crippen molar-refractivity contribution in [3.8, 4) is 34.5 Å².